The van der Waals surface area contributed by atoms with Crippen LogP contribution >= 0.6 is 0 Å². The minimum absolute atomic E-state index is 0.0874. The fraction of sp³-hybridized carbons (Fsp3) is 0.333. The lowest BCUT2D eigenvalue weighted by atomic mass is 9.96. The first-order chi connectivity index (χ1) is 7.95. The molecule has 1 unspecified atom stereocenters. The quantitative estimate of drug-likeness (QED) is 0.768. The van der Waals surface area contributed by atoms with Crippen molar-refractivity contribution in [3.05, 3.63) is 34.6 Å². The third-order valence-corrected chi connectivity index (χ3v) is 2.56. The van der Waals surface area contributed by atoms with E-state index in [0.717, 1.165) is 6.07 Å². The van der Waals surface area contributed by atoms with Gasteiger partial charge < -0.3 is 10.8 Å². The molecule has 0 aliphatic carbocycles. The fourth-order valence-electron chi connectivity index (χ4n) is 1.58. The van der Waals surface area contributed by atoms with E-state index >= 15 is 0 Å². The predicted molar refractivity (Wildman–Crippen MR) is 60.3 cm³/mol. The molecule has 1 atom stereocenters. The van der Waals surface area contributed by atoms with E-state index in [0.29, 0.717) is 17.4 Å². The van der Waals surface area contributed by atoms with Crippen molar-refractivity contribution < 1.29 is 19.1 Å². The van der Waals surface area contributed by atoms with Crippen molar-refractivity contribution in [3.63, 3.8) is 0 Å². The summed E-state index contributed by atoms with van der Waals surface area (Å²) < 4.78 is 13.2. The van der Waals surface area contributed by atoms with Crippen molar-refractivity contribution in [1.29, 1.82) is 0 Å². The average Bonchev–Trinajstić information content (AvgIpc) is 2.28. The van der Waals surface area contributed by atoms with Crippen molar-refractivity contribution in [2.45, 2.75) is 25.8 Å². The van der Waals surface area contributed by atoms with Crippen LogP contribution in [0.3, 0.4) is 0 Å². The summed E-state index contributed by atoms with van der Waals surface area (Å²) in [6.45, 7) is 1.57. The number of benzene rings is 1. The van der Waals surface area contributed by atoms with E-state index in [1.807, 2.05) is 0 Å². The number of hydrogen-bond acceptors (Lipinski definition) is 3. The Labute approximate surface area is 98.2 Å². The number of halogens is 1. The minimum Gasteiger partial charge on any atom is -0.481 e. The number of aldehydes is 1. The number of rotatable bonds is 5. The SMILES string of the molecule is Cc1cc(C(N)CCC(=O)O)c(C=O)cc1F. The number of carboxylic acid groups (broad SMARTS) is 1. The molecule has 1 aromatic rings. The maximum Gasteiger partial charge on any atom is 0.303 e. The van der Waals surface area contributed by atoms with Crippen molar-refractivity contribution in [2.24, 2.45) is 5.73 Å². The van der Waals surface area contributed by atoms with E-state index < -0.39 is 17.8 Å². The van der Waals surface area contributed by atoms with Gasteiger partial charge in [0.25, 0.3) is 0 Å². The lowest BCUT2D eigenvalue weighted by molar-refractivity contribution is -0.137. The Morgan fingerprint density at radius 1 is 1.59 bits per heavy atom. The molecule has 0 bridgehead atoms. The van der Waals surface area contributed by atoms with E-state index in [9.17, 15) is 14.0 Å². The summed E-state index contributed by atoms with van der Waals surface area (Å²) in [6, 6.07) is 2.04. The Morgan fingerprint density at radius 3 is 2.76 bits per heavy atom. The largest absolute Gasteiger partial charge is 0.481 e. The van der Waals surface area contributed by atoms with Gasteiger partial charge in [0.2, 0.25) is 0 Å². The highest BCUT2D eigenvalue weighted by Gasteiger charge is 2.14. The monoisotopic (exact) mass is 239 g/mol. The topological polar surface area (TPSA) is 80.4 Å². The smallest absolute Gasteiger partial charge is 0.303 e. The summed E-state index contributed by atoms with van der Waals surface area (Å²) >= 11 is 0. The molecule has 0 aliphatic rings. The Balaban J connectivity index is 2.99. The van der Waals surface area contributed by atoms with Gasteiger partial charge in [0.05, 0.1) is 0 Å². The summed E-state index contributed by atoms with van der Waals surface area (Å²) in [5.41, 5.74) is 6.84. The first kappa shape index (κ1) is 13.3. The maximum atomic E-state index is 13.2. The Kier molecular flexibility index (Phi) is 4.34. The minimum atomic E-state index is -0.952. The van der Waals surface area contributed by atoms with Crippen molar-refractivity contribution in [3.8, 4) is 0 Å². The van der Waals surface area contributed by atoms with Crippen LogP contribution < -0.4 is 5.73 Å². The number of aryl methyl sites for hydroxylation is 1. The molecule has 0 saturated heterocycles. The molecule has 17 heavy (non-hydrogen) atoms. The molecule has 4 nitrogen and oxygen atoms in total. The highest BCUT2D eigenvalue weighted by Crippen LogP contribution is 2.22. The summed E-state index contributed by atoms with van der Waals surface area (Å²) in [7, 11) is 0. The molecule has 92 valence electrons. The van der Waals surface area contributed by atoms with Crippen molar-refractivity contribution >= 4 is 12.3 Å². The van der Waals surface area contributed by atoms with Crippen molar-refractivity contribution in [1.82, 2.24) is 0 Å². The van der Waals surface area contributed by atoms with Gasteiger partial charge in [-0.2, -0.15) is 0 Å². The second-order valence-corrected chi connectivity index (χ2v) is 3.89. The lowest BCUT2D eigenvalue weighted by Crippen LogP contribution is -2.15. The average molecular weight is 239 g/mol. The van der Waals surface area contributed by atoms with Crippen LogP contribution in [0.4, 0.5) is 4.39 Å². The molecule has 0 spiro atoms. The molecule has 1 aromatic carbocycles. The van der Waals surface area contributed by atoms with E-state index in [-0.39, 0.29) is 18.4 Å². The molecule has 0 fully saturated rings. The molecule has 1 rings (SSSR count). The van der Waals surface area contributed by atoms with Gasteiger partial charge in [-0.25, -0.2) is 4.39 Å². The van der Waals surface area contributed by atoms with Crippen LogP contribution in [0.2, 0.25) is 0 Å². The van der Waals surface area contributed by atoms with Crippen molar-refractivity contribution in [2.75, 3.05) is 0 Å². The van der Waals surface area contributed by atoms with Crippen LogP contribution in [-0.2, 0) is 4.79 Å². The molecule has 0 heterocycles. The summed E-state index contributed by atoms with van der Waals surface area (Å²) in [6.07, 6.45) is 0.648. The molecule has 3 N–H and O–H groups in total. The van der Waals surface area contributed by atoms with E-state index in [1.165, 1.54) is 6.07 Å². The Bertz CT molecular complexity index is 446. The highest BCUT2D eigenvalue weighted by atomic mass is 19.1. The van der Waals surface area contributed by atoms with E-state index in [1.54, 1.807) is 6.92 Å². The standard InChI is InChI=1S/C12H14FNO3/c1-7-4-9(8(6-15)5-10(7)13)11(14)2-3-12(16)17/h4-6,11H,2-3,14H2,1H3,(H,16,17). The normalized spacial score (nSPS) is 12.2. The second-order valence-electron chi connectivity index (χ2n) is 3.89. The summed E-state index contributed by atoms with van der Waals surface area (Å²) in [4.78, 5) is 21.2. The van der Waals surface area contributed by atoms with Gasteiger partial charge in [-0.15, -0.1) is 0 Å². The Morgan fingerprint density at radius 2 is 2.24 bits per heavy atom. The number of carbonyl (C=O) groups excluding carboxylic acids is 1. The maximum absolute atomic E-state index is 13.2. The van der Waals surface area contributed by atoms with Gasteiger partial charge >= 0.3 is 5.97 Å². The number of carbonyl (C=O) groups is 2. The van der Waals surface area contributed by atoms with Gasteiger partial charge in [0.15, 0.2) is 0 Å². The number of nitrogens with two attached hydrogens (primary N) is 1. The van der Waals surface area contributed by atoms with Crippen LogP contribution in [0, 0.1) is 12.7 Å². The first-order valence-electron chi connectivity index (χ1n) is 5.18. The zero-order valence-corrected chi connectivity index (χ0v) is 9.44. The van der Waals surface area contributed by atoms with E-state index in [4.69, 9.17) is 10.8 Å². The molecule has 0 aromatic heterocycles. The molecule has 0 aliphatic heterocycles. The molecule has 0 radical (unpaired) electrons. The molecule has 5 heteroatoms. The van der Waals surface area contributed by atoms with Gasteiger partial charge in [0, 0.05) is 18.0 Å². The molecular formula is C12H14FNO3. The van der Waals surface area contributed by atoms with Gasteiger partial charge in [0.1, 0.15) is 12.1 Å². The molecular weight excluding hydrogens is 225 g/mol. The molecule has 0 saturated carbocycles. The van der Waals surface area contributed by atoms with Crippen LogP contribution in [0.5, 0.6) is 0 Å². The van der Waals surface area contributed by atoms with E-state index in [2.05, 4.69) is 0 Å². The molecule has 0 amide bonds. The third-order valence-electron chi connectivity index (χ3n) is 2.56. The van der Waals surface area contributed by atoms with Gasteiger partial charge in [-0.1, -0.05) is 6.07 Å². The Hall–Kier alpha value is -1.75. The van der Waals surface area contributed by atoms with Gasteiger partial charge in [-0.05, 0) is 30.5 Å². The van der Waals surface area contributed by atoms with Crippen LogP contribution in [0.1, 0.15) is 40.4 Å². The number of carboxylic acids is 1. The predicted octanol–water partition coefficient (Wildman–Crippen LogP) is 1.81. The zero-order valence-electron chi connectivity index (χ0n) is 9.44. The zero-order chi connectivity index (χ0) is 13.0. The highest BCUT2D eigenvalue weighted by molar-refractivity contribution is 5.78. The fourth-order valence-corrected chi connectivity index (χ4v) is 1.58. The third kappa shape index (κ3) is 3.35. The van der Waals surface area contributed by atoms with Crippen LogP contribution in [-0.4, -0.2) is 17.4 Å². The first-order valence-corrected chi connectivity index (χ1v) is 5.18. The summed E-state index contributed by atoms with van der Waals surface area (Å²) in [5, 5.41) is 8.55. The van der Waals surface area contributed by atoms with Gasteiger partial charge in [-0.3, -0.25) is 9.59 Å². The number of aliphatic carboxylic acids is 1. The van der Waals surface area contributed by atoms with Crippen LogP contribution in [0.15, 0.2) is 12.1 Å². The lowest BCUT2D eigenvalue weighted by Gasteiger charge is -2.14. The van der Waals surface area contributed by atoms with Crippen LogP contribution in [0.25, 0.3) is 0 Å². The second kappa shape index (κ2) is 5.54. The number of hydrogen-bond donors (Lipinski definition) is 2. The summed E-state index contributed by atoms with van der Waals surface area (Å²) in [5.74, 6) is -1.42.